The number of rotatable bonds is 4. The maximum absolute atomic E-state index is 12.8. The van der Waals surface area contributed by atoms with E-state index in [1.165, 1.54) is 12.1 Å². The molecule has 1 saturated heterocycles. The van der Waals surface area contributed by atoms with Crippen LogP contribution < -0.4 is 15.1 Å². The van der Waals surface area contributed by atoms with E-state index in [4.69, 9.17) is 0 Å². The van der Waals surface area contributed by atoms with E-state index in [0.29, 0.717) is 0 Å². The van der Waals surface area contributed by atoms with Crippen LogP contribution >= 0.6 is 0 Å². The summed E-state index contributed by atoms with van der Waals surface area (Å²) in [6.45, 7) is 5.08. The van der Waals surface area contributed by atoms with Gasteiger partial charge in [-0.3, -0.25) is 4.79 Å². The Hall–Kier alpha value is -2.54. The first-order valence-electron chi connectivity index (χ1n) is 8.97. The molecule has 1 aliphatic rings. The molecule has 0 saturated carbocycles. The van der Waals surface area contributed by atoms with E-state index in [9.17, 15) is 18.0 Å². The second-order valence-electron chi connectivity index (χ2n) is 6.77. The second kappa shape index (κ2) is 8.00. The summed E-state index contributed by atoms with van der Waals surface area (Å²) >= 11 is 0. The zero-order valence-corrected chi connectivity index (χ0v) is 15.1. The summed E-state index contributed by atoms with van der Waals surface area (Å²) in [6.07, 6.45) is -4.43. The first-order valence-corrected chi connectivity index (χ1v) is 8.97. The van der Waals surface area contributed by atoms with Gasteiger partial charge in [-0.2, -0.15) is 13.2 Å². The SMILES string of the molecule is C[C@H](C(=O)Nc1cccc(C(F)(F)F)c1)[NH+]1CCN(c2ccccc2)CC1. The number of anilines is 2. The molecule has 1 aliphatic heterocycles. The monoisotopic (exact) mass is 378 g/mol. The van der Waals surface area contributed by atoms with E-state index in [1.807, 2.05) is 25.1 Å². The van der Waals surface area contributed by atoms with Crippen molar-refractivity contribution in [2.75, 3.05) is 36.4 Å². The van der Waals surface area contributed by atoms with Crippen molar-refractivity contribution in [3.63, 3.8) is 0 Å². The molecule has 4 nitrogen and oxygen atoms in total. The number of carbonyl (C=O) groups is 1. The smallest absolute Gasteiger partial charge is 0.360 e. The highest BCUT2D eigenvalue weighted by Crippen LogP contribution is 2.30. The fourth-order valence-electron chi connectivity index (χ4n) is 3.33. The Morgan fingerprint density at radius 3 is 2.37 bits per heavy atom. The molecule has 3 rings (SSSR count). The molecule has 0 unspecified atom stereocenters. The Morgan fingerprint density at radius 1 is 1.07 bits per heavy atom. The number of amides is 1. The van der Waals surface area contributed by atoms with Gasteiger partial charge >= 0.3 is 6.18 Å². The molecule has 0 radical (unpaired) electrons. The van der Waals surface area contributed by atoms with Crippen molar-refractivity contribution >= 4 is 17.3 Å². The molecule has 7 heteroatoms. The van der Waals surface area contributed by atoms with Gasteiger partial charge in [-0.25, -0.2) is 0 Å². The van der Waals surface area contributed by atoms with Crippen LogP contribution in [-0.2, 0) is 11.0 Å². The fraction of sp³-hybridized carbons (Fsp3) is 0.350. The summed E-state index contributed by atoms with van der Waals surface area (Å²) < 4.78 is 38.4. The van der Waals surface area contributed by atoms with Gasteiger partial charge in [0.1, 0.15) is 0 Å². The standard InChI is InChI=1S/C20H22F3N3O/c1-15(19(27)24-17-7-5-6-16(14-17)20(21,22)23)25-10-12-26(13-11-25)18-8-3-2-4-9-18/h2-9,14-15H,10-13H2,1H3,(H,24,27)/p+1/t15-/m1/s1. The molecule has 2 aromatic rings. The molecular formula is C20H23F3N3O+. The number of hydrogen-bond acceptors (Lipinski definition) is 2. The van der Waals surface area contributed by atoms with Crippen molar-refractivity contribution in [2.45, 2.75) is 19.1 Å². The van der Waals surface area contributed by atoms with Gasteiger partial charge in [-0.15, -0.1) is 0 Å². The van der Waals surface area contributed by atoms with Crippen molar-refractivity contribution in [2.24, 2.45) is 0 Å². The molecule has 1 amide bonds. The molecular weight excluding hydrogens is 355 g/mol. The summed E-state index contributed by atoms with van der Waals surface area (Å²) in [5.41, 5.74) is 0.568. The zero-order chi connectivity index (χ0) is 19.4. The third-order valence-electron chi connectivity index (χ3n) is 4.99. The summed E-state index contributed by atoms with van der Waals surface area (Å²) in [5.74, 6) is -0.266. The van der Waals surface area contributed by atoms with Crippen molar-refractivity contribution in [1.82, 2.24) is 0 Å². The number of alkyl halides is 3. The van der Waals surface area contributed by atoms with Gasteiger partial charge in [0.2, 0.25) is 0 Å². The number of hydrogen-bond donors (Lipinski definition) is 2. The number of nitrogens with one attached hydrogen (secondary N) is 2. The van der Waals surface area contributed by atoms with Crippen LogP contribution in [0.25, 0.3) is 0 Å². The molecule has 0 aliphatic carbocycles. The summed E-state index contributed by atoms with van der Waals surface area (Å²) in [4.78, 5) is 15.9. The number of piperazine rings is 1. The lowest BCUT2D eigenvalue weighted by molar-refractivity contribution is -0.914. The molecule has 2 N–H and O–H groups in total. The molecule has 27 heavy (non-hydrogen) atoms. The van der Waals surface area contributed by atoms with Crippen molar-refractivity contribution < 1.29 is 22.9 Å². The largest absolute Gasteiger partial charge is 0.416 e. The minimum absolute atomic E-state index is 0.170. The average Bonchev–Trinajstić information content (AvgIpc) is 2.68. The van der Waals surface area contributed by atoms with Crippen LogP contribution in [0.4, 0.5) is 24.5 Å². The molecule has 144 valence electrons. The minimum atomic E-state index is -4.43. The van der Waals surface area contributed by atoms with Crippen LogP contribution in [0.1, 0.15) is 12.5 Å². The lowest BCUT2D eigenvalue weighted by Crippen LogP contribution is -3.19. The van der Waals surface area contributed by atoms with Crippen LogP contribution in [-0.4, -0.2) is 38.1 Å². The van der Waals surface area contributed by atoms with Gasteiger partial charge in [0, 0.05) is 11.4 Å². The molecule has 1 atom stereocenters. The predicted molar refractivity (Wildman–Crippen MR) is 98.9 cm³/mol. The summed E-state index contributed by atoms with van der Waals surface area (Å²) in [7, 11) is 0. The van der Waals surface area contributed by atoms with E-state index < -0.39 is 11.7 Å². The van der Waals surface area contributed by atoms with Gasteiger partial charge in [0.25, 0.3) is 5.91 Å². The van der Waals surface area contributed by atoms with Gasteiger partial charge in [-0.05, 0) is 37.3 Å². The van der Waals surface area contributed by atoms with E-state index in [-0.39, 0.29) is 17.6 Å². The number of nitrogens with zero attached hydrogens (tertiary/aromatic N) is 1. The molecule has 0 bridgehead atoms. The Kier molecular flexibility index (Phi) is 5.70. The number of halogens is 3. The Balaban J connectivity index is 1.57. The summed E-state index contributed by atoms with van der Waals surface area (Å²) in [5, 5.41) is 2.62. The highest BCUT2D eigenvalue weighted by atomic mass is 19.4. The fourth-order valence-corrected chi connectivity index (χ4v) is 3.33. The van der Waals surface area contributed by atoms with Gasteiger partial charge < -0.3 is 15.1 Å². The molecule has 0 spiro atoms. The Bertz CT molecular complexity index is 772. The minimum Gasteiger partial charge on any atom is -0.360 e. The normalized spacial score (nSPS) is 16.8. The first kappa shape index (κ1) is 19.2. The van der Waals surface area contributed by atoms with Crippen LogP contribution in [0.15, 0.2) is 54.6 Å². The predicted octanol–water partition coefficient (Wildman–Crippen LogP) is 2.44. The topological polar surface area (TPSA) is 36.8 Å². The Morgan fingerprint density at radius 2 is 1.74 bits per heavy atom. The van der Waals surface area contributed by atoms with Crippen molar-refractivity contribution in [3.05, 3.63) is 60.2 Å². The van der Waals surface area contributed by atoms with Crippen LogP contribution in [0.2, 0.25) is 0 Å². The van der Waals surface area contributed by atoms with Crippen molar-refractivity contribution in [3.8, 4) is 0 Å². The zero-order valence-electron chi connectivity index (χ0n) is 15.1. The lowest BCUT2D eigenvalue weighted by Gasteiger charge is -2.36. The number of quaternary nitrogens is 1. The van der Waals surface area contributed by atoms with Gasteiger partial charge in [-0.1, -0.05) is 24.3 Å². The average molecular weight is 378 g/mol. The third-order valence-corrected chi connectivity index (χ3v) is 4.99. The molecule has 1 heterocycles. The van der Waals surface area contributed by atoms with E-state index in [1.54, 1.807) is 0 Å². The molecule has 1 fully saturated rings. The lowest BCUT2D eigenvalue weighted by atomic mass is 10.1. The van der Waals surface area contributed by atoms with Gasteiger partial charge in [0.15, 0.2) is 6.04 Å². The van der Waals surface area contributed by atoms with E-state index in [0.717, 1.165) is 48.9 Å². The quantitative estimate of drug-likeness (QED) is 0.858. The van der Waals surface area contributed by atoms with Crippen molar-refractivity contribution in [1.29, 1.82) is 0 Å². The summed E-state index contributed by atoms with van der Waals surface area (Å²) in [6, 6.07) is 14.5. The second-order valence-corrected chi connectivity index (χ2v) is 6.77. The third kappa shape index (κ3) is 4.80. The number of carbonyl (C=O) groups excluding carboxylic acids is 1. The maximum atomic E-state index is 12.8. The van der Waals surface area contributed by atoms with Gasteiger partial charge in [0.05, 0.1) is 31.7 Å². The highest BCUT2D eigenvalue weighted by Gasteiger charge is 2.32. The van der Waals surface area contributed by atoms with E-state index >= 15 is 0 Å². The Labute approximate surface area is 156 Å². The number of benzene rings is 2. The highest BCUT2D eigenvalue weighted by molar-refractivity contribution is 5.93. The van der Waals surface area contributed by atoms with Crippen LogP contribution in [0, 0.1) is 0 Å². The van der Waals surface area contributed by atoms with Crippen LogP contribution in [0.5, 0.6) is 0 Å². The molecule has 0 aromatic heterocycles. The number of para-hydroxylation sites is 1. The van der Waals surface area contributed by atoms with E-state index in [2.05, 4.69) is 22.3 Å². The maximum Gasteiger partial charge on any atom is 0.416 e. The molecule has 2 aromatic carbocycles. The van der Waals surface area contributed by atoms with Crippen LogP contribution in [0.3, 0.4) is 0 Å². The first-order chi connectivity index (χ1) is 12.8.